The molecule has 0 spiro atoms. The van der Waals surface area contributed by atoms with Crippen LogP contribution in [0.4, 0.5) is 17.1 Å². The third-order valence-electron chi connectivity index (χ3n) is 4.90. The first-order chi connectivity index (χ1) is 14.1. The second kappa shape index (κ2) is 9.96. The van der Waals surface area contributed by atoms with Gasteiger partial charge in [-0.1, -0.05) is 31.5 Å². The number of amides is 2. The van der Waals surface area contributed by atoms with Crippen molar-refractivity contribution in [3.05, 3.63) is 48.0 Å². The molecule has 0 saturated heterocycles. The molecule has 6 nitrogen and oxygen atoms in total. The van der Waals surface area contributed by atoms with Gasteiger partial charge in [-0.05, 0) is 56.0 Å². The van der Waals surface area contributed by atoms with E-state index in [9.17, 15) is 9.59 Å². The van der Waals surface area contributed by atoms with Crippen molar-refractivity contribution in [3.8, 4) is 5.75 Å². The molecule has 0 atom stereocenters. The van der Waals surface area contributed by atoms with Crippen molar-refractivity contribution in [3.63, 3.8) is 0 Å². The maximum Gasteiger partial charge on any atom is 0.243 e. The van der Waals surface area contributed by atoms with E-state index in [4.69, 9.17) is 4.74 Å². The highest BCUT2D eigenvalue weighted by molar-refractivity contribution is 5.98. The predicted molar refractivity (Wildman–Crippen MR) is 116 cm³/mol. The number of benzene rings is 2. The lowest BCUT2D eigenvalue weighted by Crippen LogP contribution is -2.23. The van der Waals surface area contributed by atoms with E-state index in [1.807, 2.05) is 49.4 Å². The average molecular weight is 396 g/mol. The van der Waals surface area contributed by atoms with E-state index in [0.29, 0.717) is 12.3 Å². The highest BCUT2D eigenvalue weighted by atomic mass is 16.5. The van der Waals surface area contributed by atoms with Gasteiger partial charge in [0.15, 0.2) is 0 Å². The monoisotopic (exact) mass is 395 g/mol. The molecule has 3 N–H and O–H groups in total. The Balaban J connectivity index is 1.56. The largest absolute Gasteiger partial charge is 0.491 e. The van der Waals surface area contributed by atoms with Gasteiger partial charge in [0.25, 0.3) is 0 Å². The van der Waals surface area contributed by atoms with Crippen LogP contribution in [-0.2, 0) is 9.59 Å². The second-order valence-corrected chi connectivity index (χ2v) is 7.34. The molecule has 3 rings (SSSR count). The maximum atomic E-state index is 12.5. The van der Waals surface area contributed by atoms with Gasteiger partial charge >= 0.3 is 0 Å². The van der Waals surface area contributed by atoms with E-state index in [1.54, 1.807) is 0 Å². The lowest BCUT2D eigenvalue weighted by molar-refractivity contribution is -0.117. The molecule has 0 aromatic heterocycles. The molecule has 1 aliphatic carbocycles. The molecule has 0 aliphatic heterocycles. The number of hydrogen-bond acceptors (Lipinski definition) is 4. The summed E-state index contributed by atoms with van der Waals surface area (Å²) < 4.78 is 5.79. The van der Waals surface area contributed by atoms with Gasteiger partial charge in [0, 0.05) is 17.3 Å². The number of anilines is 3. The Morgan fingerprint density at radius 1 is 1.00 bits per heavy atom. The van der Waals surface area contributed by atoms with E-state index >= 15 is 0 Å². The molecule has 1 aliphatic rings. The molecule has 1 fully saturated rings. The number of para-hydroxylation sites is 2. The third kappa shape index (κ3) is 5.98. The first kappa shape index (κ1) is 20.7. The summed E-state index contributed by atoms with van der Waals surface area (Å²) >= 11 is 0. The second-order valence-electron chi connectivity index (χ2n) is 7.34. The number of unbranched alkanes of at least 4 members (excludes halogenated alkanes) is 1. The summed E-state index contributed by atoms with van der Waals surface area (Å²) in [4.78, 5) is 24.5. The van der Waals surface area contributed by atoms with Gasteiger partial charge in [0.05, 0.1) is 18.8 Å². The Morgan fingerprint density at radius 3 is 2.41 bits per heavy atom. The van der Waals surface area contributed by atoms with Crippen LogP contribution in [0.5, 0.6) is 5.75 Å². The zero-order valence-electron chi connectivity index (χ0n) is 17.1. The van der Waals surface area contributed by atoms with Crippen LogP contribution in [0, 0.1) is 12.8 Å². The Hall–Kier alpha value is -3.02. The molecule has 0 heterocycles. The molecule has 0 radical (unpaired) electrons. The van der Waals surface area contributed by atoms with Gasteiger partial charge in [-0.2, -0.15) is 0 Å². The van der Waals surface area contributed by atoms with E-state index in [-0.39, 0.29) is 24.3 Å². The summed E-state index contributed by atoms with van der Waals surface area (Å²) in [6, 6.07) is 13.1. The number of hydrogen-bond donors (Lipinski definition) is 3. The van der Waals surface area contributed by atoms with Crippen molar-refractivity contribution in [2.45, 2.75) is 39.5 Å². The predicted octanol–water partition coefficient (Wildman–Crippen LogP) is 4.57. The van der Waals surface area contributed by atoms with Crippen molar-refractivity contribution in [1.82, 2.24) is 0 Å². The van der Waals surface area contributed by atoms with Crippen LogP contribution in [0.1, 0.15) is 38.2 Å². The molecule has 29 heavy (non-hydrogen) atoms. The number of carbonyl (C=O) groups excluding carboxylic acids is 2. The molecule has 1 saturated carbocycles. The number of nitrogens with one attached hydrogen (secondary N) is 3. The molecule has 6 heteroatoms. The van der Waals surface area contributed by atoms with Gasteiger partial charge in [0.1, 0.15) is 5.75 Å². The zero-order valence-corrected chi connectivity index (χ0v) is 17.1. The molecule has 2 aromatic rings. The summed E-state index contributed by atoms with van der Waals surface area (Å²) in [6.45, 7) is 4.78. The molecule has 0 bridgehead atoms. The quantitative estimate of drug-likeness (QED) is 0.515. The van der Waals surface area contributed by atoms with E-state index in [2.05, 4.69) is 22.9 Å². The Bertz CT molecular complexity index is 862. The summed E-state index contributed by atoms with van der Waals surface area (Å²) in [6.07, 6.45) is 3.96. The van der Waals surface area contributed by atoms with Crippen LogP contribution in [0.2, 0.25) is 0 Å². The highest BCUT2D eigenvalue weighted by Crippen LogP contribution is 2.31. The van der Waals surface area contributed by atoms with E-state index in [1.165, 1.54) is 0 Å². The van der Waals surface area contributed by atoms with Gasteiger partial charge in [0.2, 0.25) is 11.8 Å². The molecular weight excluding hydrogens is 366 g/mol. The third-order valence-corrected chi connectivity index (χ3v) is 4.90. The average Bonchev–Trinajstić information content (AvgIpc) is 3.56. The first-order valence-corrected chi connectivity index (χ1v) is 10.2. The number of ether oxygens (including phenoxy) is 1. The minimum absolute atomic E-state index is 0.0536. The van der Waals surface area contributed by atoms with Gasteiger partial charge in [-0.25, -0.2) is 0 Å². The van der Waals surface area contributed by atoms with Crippen molar-refractivity contribution < 1.29 is 14.3 Å². The summed E-state index contributed by atoms with van der Waals surface area (Å²) in [5, 5.41) is 9.01. The van der Waals surface area contributed by atoms with Crippen LogP contribution >= 0.6 is 0 Å². The van der Waals surface area contributed by atoms with Gasteiger partial charge < -0.3 is 20.7 Å². The Morgan fingerprint density at radius 2 is 1.69 bits per heavy atom. The number of carbonyl (C=O) groups is 2. The van der Waals surface area contributed by atoms with Crippen molar-refractivity contribution in [2.24, 2.45) is 5.92 Å². The highest BCUT2D eigenvalue weighted by Gasteiger charge is 2.29. The summed E-state index contributed by atoms with van der Waals surface area (Å²) in [5.41, 5.74) is 3.07. The minimum atomic E-state index is -0.165. The fourth-order valence-corrected chi connectivity index (χ4v) is 2.92. The number of rotatable bonds is 10. The lowest BCUT2D eigenvalue weighted by atomic mass is 10.1. The normalized spacial score (nSPS) is 12.9. The van der Waals surface area contributed by atoms with Crippen LogP contribution < -0.4 is 20.7 Å². The topological polar surface area (TPSA) is 79.5 Å². The van der Waals surface area contributed by atoms with Gasteiger partial charge in [-0.15, -0.1) is 0 Å². The molecule has 2 aromatic carbocycles. The first-order valence-electron chi connectivity index (χ1n) is 10.2. The SMILES string of the molecule is CCCCOc1ccccc1NCC(=O)Nc1cccc(NC(=O)C2CC2)c1C. The van der Waals surface area contributed by atoms with Crippen molar-refractivity contribution >= 4 is 28.9 Å². The molecule has 2 amide bonds. The Labute approximate surface area is 172 Å². The summed E-state index contributed by atoms with van der Waals surface area (Å²) in [5.74, 6) is 0.770. The van der Waals surface area contributed by atoms with Gasteiger partial charge in [-0.3, -0.25) is 9.59 Å². The zero-order chi connectivity index (χ0) is 20.6. The van der Waals surface area contributed by atoms with Crippen LogP contribution in [0.3, 0.4) is 0 Å². The van der Waals surface area contributed by atoms with Crippen molar-refractivity contribution in [1.29, 1.82) is 0 Å². The minimum Gasteiger partial charge on any atom is -0.491 e. The molecule has 0 unspecified atom stereocenters. The maximum absolute atomic E-state index is 12.5. The van der Waals surface area contributed by atoms with E-state index < -0.39 is 0 Å². The van der Waals surface area contributed by atoms with Crippen molar-refractivity contribution in [2.75, 3.05) is 29.1 Å². The molecular formula is C23H29N3O3. The van der Waals surface area contributed by atoms with Crippen LogP contribution in [-0.4, -0.2) is 25.0 Å². The fourth-order valence-electron chi connectivity index (χ4n) is 2.92. The van der Waals surface area contributed by atoms with Crippen LogP contribution in [0.15, 0.2) is 42.5 Å². The Kier molecular flexibility index (Phi) is 7.11. The fraction of sp³-hybridized carbons (Fsp3) is 0.391. The smallest absolute Gasteiger partial charge is 0.243 e. The van der Waals surface area contributed by atoms with E-state index in [0.717, 1.165) is 48.4 Å². The lowest BCUT2D eigenvalue weighted by Gasteiger charge is -2.15. The molecule has 154 valence electrons. The van der Waals surface area contributed by atoms with Crippen LogP contribution in [0.25, 0.3) is 0 Å². The summed E-state index contributed by atoms with van der Waals surface area (Å²) in [7, 11) is 0. The standard InChI is InChI=1S/C23H29N3O3/c1-3-4-14-29-21-11-6-5-8-20(21)24-15-22(27)25-18-9-7-10-19(16(18)2)26-23(28)17-12-13-17/h5-11,17,24H,3-4,12-15H2,1-2H3,(H,25,27)(H,26,28).